The highest BCUT2D eigenvalue weighted by Crippen LogP contribution is 2.29. The predicted octanol–water partition coefficient (Wildman–Crippen LogP) is 3.63. The van der Waals surface area contributed by atoms with Crippen LogP contribution in [0.4, 0.5) is 24.5 Å². The van der Waals surface area contributed by atoms with Crippen molar-refractivity contribution in [3.63, 3.8) is 0 Å². The lowest BCUT2D eigenvalue weighted by Gasteiger charge is -2.17. The summed E-state index contributed by atoms with van der Waals surface area (Å²) in [5, 5.41) is 2.68. The second kappa shape index (κ2) is 8.42. The number of amides is 2. The molecule has 0 aromatic heterocycles. The molecule has 0 bridgehead atoms. The topological polar surface area (TPSA) is 67.9 Å². The predicted molar refractivity (Wildman–Crippen MR) is 100 cm³/mol. The average Bonchev–Trinajstić information content (AvgIpc) is 3.09. The number of hydrogen-bond donors (Lipinski definition) is 1. The number of methoxy groups -OCH3 is 1. The number of carbonyl (C=O) groups excluding carboxylic acids is 2. The van der Waals surface area contributed by atoms with Gasteiger partial charge in [-0.3, -0.25) is 9.59 Å². The van der Waals surface area contributed by atoms with Gasteiger partial charge in [0.15, 0.2) is 6.61 Å². The van der Waals surface area contributed by atoms with E-state index in [1.54, 1.807) is 24.3 Å². The molecular formula is C20H19F3N2O4. The Balaban J connectivity index is 1.59. The molecule has 29 heavy (non-hydrogen) atoms. The smallest absolute Gasteiger partial charge is 0.422 e. The fraction of sp³-hybridized carbons (Fsp3) is 0.300. The summed E-state index contributed by atoms with van der Waals surface area (Å²) in [4.78, 5) is 26.4. The molecule has 1 aliphatic heterocycles. The molecule has 2 aromatic rings. The monoisotopic (exact) mass is 408 g/mol. The van der Waals surface area contributed by atoms with Crippen molar-refractivity contribution in [2.45, 2.75) is 12.6 Å². The van der Waals surface area contributed by atoms with Gasteiger partial charge in [-0.1, -0.05) is 6.07 Å². The van der Waals surface area contributed by atoms with Gasteiger partial charge >= 0.3 is 6.18 Å². The first-order valence-electron chi connectivity index (χ1n) is 8.80. The minimum atomic E-state index is -4.42. The highest BCUT2D eigenvalue weighted by Gasteiger charge is 2.35. The molecule has 2 aromatic carbocycles. The zero-order valence-electron chi connectivity index (χ0n) is 15.5. The zero-order chi connectivity index (χ0) is 21.0. The van der Waals surface area contributed by atoms with Gasteiger partial charge in [0, 0.05) is 30.4 Å². The van der Waals surface area contributed by atoms with Gasteiger partial charge in [-0.2, -0.15) is 13.2 Å². The van der Waals surface area contributed by atoms with Crippen molar-refractivity contribution in [1.29, 1.82) is 0 Å². The summed E-state index contributed by atoms with van der Waals surface area (Å²) < 4.78 is 46.3. The Hall–Kier alpha value is -3.23. The van der Waals surface area contributed by atoms with Crippen LogP contribution in [-0.4, -0.2) is 38.3 Å². The second-order valence-electron chi connectivity index (χ2n) is 6.52. The van der Waals surface area contributed by atoms with Gasteiger partial charge in [-0.25, -0.2) is 0 Å². The van der Waals surface area contributed by atoms with Gasteiger partial charge < -0.3 is 19.7 Å². The number of rotatable bonds is 6. The fourth-order valence-electron chi connectivity index (χ4n) is 2.96. The first-order chi connectivity index (χ1) is 13.7. The minimum Gasteiger partial charge on any atom is -0.497 e. The minimum absolute atomic E-state index is 0.0422. The van der Waals surface area contributed by atoms with E-state index in [1.165, 1.54) is 36.3 Å². The number of halogens is 3. The fourth-order valence-corrected chi connectivity index (χ4v) is 2.96. The third-order valence-electron chi connectivity index (χ3n) is 4.39. The van der Waals surface area contributed by atoms with Crippen LogP contribution in [0.15, 0.2) is 48.5 Å². The molecule has 3 rings (SSSR count). The van der Waals surface area contributed by atoms with Crippen LogP contribution in [0.2, 0.25) is 0 Å². The van der Waals surface area contributed by atoms with Crippen molar-refractivity contribution in [2.75, 3.05) is 30.5 Å². The Morgan fingerprint density at radius 1 is 1.17 bits per heavy atom. The van der Waals surface area contributed by atoms with E-state index in [-0.39, 0.29) is 30.5 Å². The van der Waals surface area contributed by atoms with Crippen LogP contribution in [0.25, 0.3) is 0 Å². The highest BCUT2D eigenvalue weighted by atomic mass is 19.4. The van der Waals surface area contributed by atoms with E-state index in [0.29, 0.717) is 17.1 Å². The molecule has 2 amide bonds. The van der Waals surface area contributed by atoms with Crippen molar-refractivity contribution in [3.8, 4) is 11.5 Å². The number of hydrogen-bond acceptors (Lipinski definition) is 4. The molecule has 1 atom stereocenters. The Bertz CT molecular complexity index is 884. The molecule has 0 saturated carbocycles. The molecule has 0 aliphatic carbocycles. The standard InChI is InChI=1S/C20H19F3N2O4/c1-28-17-4-2-3-15(10-17)25-11-13(9-18(25)26)19(27)24-14-5-7-16(8-6-14)29-12-20(21,22)23/h2-8,10,13H,9,11-12H2,1H3,(H,24,27)/t13-/m1/s1. The molecule has 6 nitrogen and oxygen atoms in total. The van der Waals surface area contributed by atoms with E-state index < -0.39 is 18.7 Å². The molecule has 1 heterocycles. The van der Waals surface area contributed by atoms with Gasteiger partial charge in [-0.05, 0) is 36.4 Å². The normalized spacial score (nSPS) is 16.6. The summed E-state index contributed by atoms with van der Waals surface area (Å²) in [5.41, 5.74) is 1.05. The maximum atomic E-state index is 12.5. The molecule has 9 heteroatoms. The van der Waals surface area contributed by atoms with Crippen molar-refractivity contribution < 1.29 is 32.2 Å². The van der Waals surface area contributed by atoms with E-state index in [1.807, 2.05) is 0 Å². The lowest BCUT2D eigenvalue weighted by atomic mass is 10.1. The van der Waals surface area contributed by atoms with Gasteiger partial charge in [-0.15, -0.1) is 0 Å². The van der Waals surface area contributed by atoms with E-state index >= 15 is 0 Å². The molecule has 0 spiro atoms. The second-order valence-corrected chi connectivity index (χ2v) is 6.52. The van der Waals surface area contributed by atoms with Gasteiger partial charge in [0.2, 0.25) is 11.8 Å². The molecule has 0 radical (unpaired) electrons. The maximum absolute atomic E-state index is 12.5. The van der Waals surface area contributed by atoms with Crippen molar-refractivity contribution >= 4 is 23.2 Å². The SMILES string of the molecule is COc1cccc(N2C[C@H](C(=O)Nc3ccc(OCC(F)(F)F)cc3)CC2=O)c1. The number of carbonyl (C=O) groups is 2. The maximum Gasteiger partial charge on any atom is 0.422 e. The average molecular weight is 408 g/mol. The van der Waals surface area contributed by atoms with Gasteiger partial charge in [0.05, 0.1) is 13.0 Å². The third kappa shape index (κ3) is 5.40. The molecule has 1 saturated heterocycles. The number of nitrogens with zero attached hydrogens (tertiary/aromatic N) is 1. The number of anilines is 2. The third-order valence-corrected chi connectivity index (χ3v) is 4.39. The van der Waals surface area contributed by atoms with Crippen LogP contribution in [0.1, 0.15) is 6.42 Å². The zero-order valence-corrected chi connectivity index (χ0v) is 15.5. The lowest BCUT2D eigenvalue weighted by molar-refractivity contribution is -0.153. The largest absolute Gasteiger partial charge is 0.497 e. The van der Waals surface area contributed by atoms with Gasteiger partial charge in [0.25, 0.3) is 0 Å². The molecule has 1 fully saturated rings. The summed E-state index contributed by atoms with van der Waals surface area (Å²) in [5.74, 6) is -0.409. The first-order valence-corrected chi connectivity index (χ1v) is 8.80. The van der Waals surface area contributed by atoms with E-state index in [4.69, 9.17) is 4.74 Å². The molecule has 154 valence electrons. The van der Waals surface area contributed by atoms with Crippen molar-refractivity contribution in [2.24, 2.45) is 5.92 Å². The summed E-state index contributed by atoms with van der Waals surface area (Å²) in [6.45, 7) is -1.16. The van der Waals surface area contributed by atoms with Crippen LogP contribution < -0.4 is 19.7 Å². The summed E-state index contributed by atoms with van der Waals surface area (Å²) in [6.07, 6.45) is -4.35. The molecule has 1 aliphatic rings. The molecule has 0 unspecified atom stereocenters. The summed E-state index contributed by atoms with van der Waals surface area (Å²) in [7, 11) is 1.53. The van der Waals surface area contributed by atoms with Crippen LogP contribution >= 0.6 is 0 Å². The number of ether oxygens (including phenoxy) is 2. The molecular weight excluding hydrogens is 389 g/mol. The highest BCUT2D eigenvalue weighted by molar-refractivity contribution is 6.03. The van der Waals surface area contributed by atoms with Crippen molar-refractivity contribution in [3.05, 3.63) is 48.5 Å². The van der Waals surface area contributed by atoms with Gasteiger partial charge in [0.1, 0.15) is 11.5 Å². The Labute approximate surface area is 165 Å². The Morgan fingerprint density at radius 2 is 1.90 bits per heavy atom. The summed E-state index contributed by atoms with van der Waals surface area (Å²) in [6, 6.07) is 12.6. The summed E-state index contributed by atoms with van der Waals surface area (Å²) >= 11 is 0. The molecule has 1 N–H and O–H groups in total. The van der Waals surface area contributed by atoms with Crippen LogP contribution in [-0.2, 0) is 9.59 Å². The van der Waals surface area contributed by atoms with Crippen LogP contribution in [0, 0.1) is 5.92 Å². The lowest BCUT2D eigenvalue weighted by Crippen LogP contribution is -2.28. The van der Waals surface area contributed by atoms with Crippen molar-refractivity contribution in [1.82, 2.24) is 0 Å². The van der Waals surface area contributed by atoms with Crippen LogP contribution in [0.3, 0.4) is 0 Å². The van der Waals surface area contributed by atoms with E-state index in [2.05, 4.69) is 10.1 Å². The Morgan fingerprint density at radius 3 is 2.55 bits per heavy atom. The van der Waals surface area contributed by atoms with Crippen LogP contribution in [0.5, 0.6) is 11.5 Å². The first kappa shape index (κ1) is 20.5. The van der Waals surface area contributed by atoms with E-state index in [9.17, 15) is 22.8 Å². The quantitative estimate of drug-likeness (QED) is 0.793. The number of alkyl halides is 3. The van der Waals surface area contributed by atoms with E-state index in [0.717, 1.165) is 0 Å². The number of nitrogens with one attached hydrogen (secondary N) is 1. The number of benzene rings is 2. The Kier molecular flexibility index (Phi) is 5.95.